The molecule has 4 nitrogen and oxygen atoms in total. The SMILES string of the molecule is CC(C)(CNCCc1ccco1)S(C)(=O)=O. The maximum absolute atomic E-state index is 11.4. The van der Waals surface area contributed by atoms with Gasteiger partial charge in [-0.25, -0.2) is 8.42 Å². The third kappa shape index (κ3) is 3.64. The molecule has 0 radical (unpaired) electrons. The van der Waals surface area contributed by atoms with Gasteiger partial charge in [-0.05, 0) is 26.0 Å². The summed E-state index contributed by atoms with van der Waals surface area (Å²) < 4.78 is 27.3. The van der Waals surface area contributed by atoms with Crippen molar-refractivity contribution in [3.8, 4) is 0 Å². The largest absolute Gasteiger partial charge is 0.469 e. The van der Waals surface area contributed by atoms with E-state index in [0.717, 1.165) is 12.2 Å². The first-order chi connectivity index (χ1) is 7.33. The van der Waals surface area contributed by atoms with Crippen LogP contribution in [0.1, 0.15) is 19.6 Å². The van der Waals surface area contributed by atoms with Crippen LogP contribution in [0.15, 0.2) is 22.8 Å². The molecular formula is C11H19NO3S. The summed E-state index contributed by atoms with van der Waals surface area (Å²) in [6, 6.07) is 3.75. The Bertz CT molecular complexity index is 406. The summed E-state index contributed by atoms with van der Waals surface area (Å²) in [4.78, 5) is 0. The van der Waals surface area contributed by atoms with E-state index in [-0.39, 0.29) is 0 Å². The summed E-state index contributed by atoms with van der Waals surface area (Å²) in [6.07, 6.45) is 3.67. The van der Waals surface area contributed by atoms with E-state index in [9.17, 15) is 8.42 Å². The summed E-state index contributed by atoms with van der Waals surface area (Å²) in [6.45, 7) is 4.61. The molecule has 1 heterocycles. The van der Waals surface area contributed by atoms with Crippen LogP contribution in [0.2, 0.25) is 0 Å². The van der Waals surface area contributed by atoms with Gasteiger partial charge < -0.3 is 9.73 Å². The van der Waals surface area contributed by atoms with Gasteiger partial charge in [-0.3, -0.25) is 0 Å². The zero-order valence-corrected chi connectivity index (χ0v) is 10.8. The number of nitrogens with one attached hydrogen (secondary N) is 1. The lowest BCUT2D eigenvalue weighted by Crippen LogP contribution is -2.42. The predicted octanol–water partition coefficient (Wildman–Crippen LogP) is 1.23. The number of hydrogen-bond donors (Lipinski definition) is 1. The Balaban J connectivity index is 2.31. The van der Waals surface area contributed by atoms with Crippen LogP contribution in [0.5, 0.6) is 0 Å². The van der Waals surface area contributed by atoms with Gasteiger partial charge in [-0.2, -0.15) is 0 Å². The van der Waals surface area contributed by atoms with Crippen LogP contribution in [0.4, 0.5) is 0 Å². The van der Waals surface area contributed by atoms with E-state index in [2.05, 4.69) is 5.32 Å². The van der Waals surface area contributed by atoms with Crippen LogP contribution >= 0.6 is 0 Å². The second-order valence-electron chi connectivity index (χ2n) is 4.54. The van der Waals surface area contributed by atoms with Crippen LogP contribution in [0.25, 0.3) is 0 Å². The normalized spacial score (nSPS) is 12.9. The fraction of sp³-hybridized carbons (Fsp3) is 0.636. The number of sulfone groups is 1. The first-order valence-electron chi connectivity index (χ1n) is 5.26. The molecule has 92 valence electrons. The van der Waals surface area contributed by atoms with E-state index < -0.39 is 14.6 Å². The van der Waals surface area contributed by atoms with Gasteiger partial charge in [0.25, 0.3) is 0 Å². The minimum absolute atomic E-state index is 0.451. The van der Waals surface area contributed by atoms with Crippen LogP contribution in [-0.2, 0) is 16.3 Å². The molecule has 1 aromatic rings. The third-order valence-electron chi connectivity index (χ3n) is 2.68. The van der Waals surface area contributed by atoms with Crippen molar-refractivity contribution in [3.05, 3.63) is 24.2 Å². The van der Waals surface area contributed by atoms with E-state index in [1.54, 1.807) is 20.1 Å². The van der Waals surface area contributed by atoms with Crippen molar-refractivity contribution in [2.45, 2.75) is 25.0 Å². The standard InChI is InChI=1S/C11H19NO3S/c1-11(2,16(3,13)14)9-12-7-6-10-5-4-8-15-10/h4-5,8,12H,6-7,9H2,1-3H3. The highest BCUT2D eigenvalue weighted by molar-refractivity contribution is 7.92. The van der Waals surface area contributed by atoms with E-state index in [1.165, 1.54) is 6.26 Å². The zero-order valence-electron chi connectivity index (χ0n) is 9.99. The topological polar surface area (TPSA) is 59.3 Å². The average Bonchev–Trinajstić information content (AvgIpc) is 2.63. The molecule has 5 heteroatoms. The molecule has 0 bridgehead atoms. The molecule has 1 rings (SSSR count). The van der Waals surface area contributed by atoms with Crippen molar-refractivity contribution in [1.82, 2.24) is 5.32 Å². The summed E-state index contributed by atoms with van der Waals surface area (Å²) in [5.41, 5.74) is 0. The first-order valence-corrected chi connectivity index (χ1v) is 7.15. The molecule has 0 fully saturated rings. The van der Waals surface area contributed by atoms with Gasteiger partial charge in [-0.15, -0.1) is 0 Å². The van der Waals surface area contributed by atoms with Crippen molar-refractivity contribution in [1.29, 1.82) is 0 Å². The van der Waals surface area contributed by atoms with E-state index in [0.29, 0.717) is 13.1 Å². The number of furan rings is 1. The summed E-state index contributed by atoms with van der Waals surface area (Å²) in [5, 5.41) is 3.13. The highest BCUT2D eigenvalue weighted by Gasteiger charge is 2.29. The molecule has 0 aromatic carbocycles. The van der Waals surface area contributed by atoms with Crippen molar-refractivity contribution in [3.63, 3.8) is 0 Å². The minimum atomic E-state index is -3.02. The minimum Gasteiger partial charge on any atom is -0.469 e. The molecule has 0 unspecified atom stereocenters. The molecule has 0 aliphatic rings. The maximum atomic E-state index is 11.4. The highest BCUT2D eigenvalue weighted by atomic mass is 32.2. The second-order valence-corrected chi connectivity index (χ2v) is 7.19. The third-order valence-corrected chi connectivity index (χ3v) is 4.83. The van der Waals surface area contributed by atoms with Crippen LogP contribution in [0, 0.1) is 0 Å². The smallest absolute Gasteiger partial charge is 0.153 e. The molecular weight excluding hydrogens is 226 g/mol. The number of hydrogen-bond acceptors (Lipinski definition) is 4. The Hall–Kier alpha value is -0.810. The molecule has 0 aliphatic heterocycles. The molecule has 1 N–H and O–H groups in total. The van der Waals surface area contributed by atoms with Gasteiger partial charge >= 0.3 is 0 Å². The highest BCUT2D eigenvalue weighted by Crippen LogP contribution is 2.13. The lowest BCUT2D eigenvalue weighted by molar-refractivity contribution is 0.485. The fourth-order valence-electron chi connectivity index (χ4n) is 1.19. The van der Waals surface area contributed by atoms with E-state index in [4.69, 9.17) is 4.42 Å². The Labute approximate surface area is 97.0 Å². The monoisotopic (exact) mass is 245 g/mol. The molecule has 0 spiro atoms. The Morgan fingerprint density at radius 1 is 1.44 bits per heavy atom. The van der Waals surface area contributed by atoms with Crippen molar-refractivity contribution in [2.75, 3.05) is 19.3 Å². The molecule has 0 saturated carbocycles. The molecule has 0 aliphatic carbocycles. The predicted molar refractivity (Wildman–Crippen MR) is 64.2 cm³/mol. The lowest BCUT2D eigenvalue weighted by Gasteiger charge is -2.22. The van der Waals surface area contributed by atoms with Crippen molar-refractivity contribution in [2.24, 2.45) is 0 Å². The summed E-state index contributed by atoms with van der Waals surface area (Å²) in [5.74, 6) is 0.907. The van der Waals surface area contributed by atoms with Gasteiger partial charge in [0.1, 0.15) is 5.76 Å². The van der Waals surface area contributed by atoms with Gasteiger partial charge in [-0.1, -0.05) is 0 Å². The fourth-order valence-corrected chi connectivity index (χ4v) is 1.55. The second kappa shape index (κ2) is 5.01. The summed E-state index contributed by atoms with van der Waals surface area (Å²) in [7, 11) is -3.02. The van der Waals surface area contributed by atoms with Gasteiger partial charge in [0.2, 0.25) is 0 Å². The van der Waals surface area contributed by atoms with Crippen LogP contribution in [0.3, 0.4) is 0 Å². The van der Waals surface area contributed by atoms with Gasteiger partial charge in [0, 0.05) is 25.8 Å². The van der Waals surface area contributed by atoms with Crippen LogP contribution < -0.4 is 5.32 Å². The molecule has 1 aromatic heterocycles. The lowest BCUT2D eigenvalue weighted by atomic mass is 10.2. The first kappa shape index (κ1) is 13.3. The summed E-state index contributed by atoms with van der Waals surface area (Å²) >= 11 is 0. The van der Waals surface area contributed by atoms with Gasteiger partial charge in [0.05, 0.1) is 11.0 Å². The van der Waals surface area contributed by atoms with Crippen molar-refractivity contribution >= 4 is 9.84 Å². The van der Waals surface area contributed by atoms with Crippen molar-refractivity contribution < 1.29 is 12.8 Å². The molecule has 16 heavy (non-hydrogen) atoms. The molecule has 0 atom stereocenters. The Morgan fingerprint density at radius 2 is 2.12 bits per heavy atom. The van der Waals surface area contributed by atoms with Gasteiger partial charge in [0.15, 0.2) is 9.84 Å². The van der Waals surface area contributed by atoms with E-state index in [1.807, 2.05) is 12.1 Å². The number of rotatable bonds is 6. The Morgan fingerprint density at radius 3 is 2.62 bits per heavy atom. The quantitative estimate of drug-likeness (QED) is 0.766. The average molecular weight is 245 g/mol. The van der Waals surface area contributed by atoms with Crippen LogP contribution in [-0.4, -0.2) is 32.5 Å². The Kier molecular flexibility index (Phi) is 4.15. The maximum Gasteiger partial charge on any atom is 0.153 e. The molecule has 0 saturated heterocycles. The molecule has 0 amide bonds. The van der Waals surface area contributed by atoms with E-state index >= 15 is 0 Å². The zero-order chi connectivity index (χ0) is 12.2.